The first kappa shape index (κ1) is 28.1. The molecule has 190 valence electrons. The van der Waals surface area contributed by atoms with Gasteiger partial charge in [0, 0.05) is 5.92 Å². The molecule has 32 heavy (non-hydrogen) atoms. The van der Waals surface area contributed by atoms with Crippen molar-refractivity contribution in [1.82, 2.24) is 0 Å². The van der Waals surface area contributed by atoms with Crippen LogP contribution in [0.15, 0.2) is 0 Å². The van der Waals surface area contributed by atoms with Crippen molar-refractivity contribution in [2.75, 3.05) is 19.8 Å². The van der Waals surface area contributed by atoms with E-state index in [9.17, 15) is 0 Å². The molecule has 1 saturated heterocycles. The van der Waals surface area contributed by atoms with Crippen LogP contribution in [0.4, 0.5) is 0 Å². The van der Waals surface area contributed by atoms with Crippen LogP contribution in [0, 0.1) is 11.8 Å². The highest BCUT2D eigenvalue weighted by molar-refractivity contribution is 4.95. The summed E-state index contributed by atoms with van der Waals surface area (Å²) < 4.78 is 25.8. The van der Waals surface area contributed by atoms with E-state index >= 15 is 0 Å². The van der Waals surface area contributed by atoms with Crippen molar-refractivity contribution in [3.8, 4) is 0 Å². The van der Waals surface area contributed by atoms with Gasteiger partial charge < -0.3 is 18.9 Å². The molecule has 0 aromatic rings. The first-order chi connectivity index (χ1) is 15.7. The van der Waals surface area contributed by atoms with Crippen molar-refractivity contribution in [3.63, 3.8) is 0 Å². The Labute approximate surface area is 199 Å². The van der Waals surface area contributed by atoms with Crippen molar-refractivity contribution >= 4 is 0 Å². The van der Waals surface area contributed by atoms with Crippen LogP contribution >= 0.6 is 0 Å². The molecule has 1 heterocycles. The molecule has 0 N–H and O–H groups in total. The molecule has 1 saturated carbocycles. The van der Waals surface area contributed by atoms with E-state index in [4.69, 9.17) is 18.9 Å². The van der Waals surface area contributed by atoms with Gasteiger partial charge >= 0.3 is 0 Å². The van der Waals surface area contributed by atoms with Crippen LogP contribution in [-0.4, -0.2) is 38.0 Å². The van der Waals surface area contributed by atoms with Gasteiger partial charge in [-0.25, -0.2) is 0 Å². The minimum atomic E-state index is -0.880. The predicted octanol–water partition coefficient (Wildman–Crippen LogP) is 8.02. The molecule has 4 atom stereocenters. The quantitative estimate of drug-likeness (QED) is 0.0999. The largest absolute Gasteiger partial charge is 0.370 e. The van der Waals surface area contributed by atoms with Gasteiger partial charge in [-0.2, -0.15) is 0 Å². The van der Waals surface area contributed by atoms with Crippen LogP contribution in [0.5, 0.6) is 0 Å². The fourth-order valence-electron chi connectivity index (χ4n) is 5.17. The molecular weight excluding hydrogens is 400 g/mol. The highest BCUT2D eigenvalue weighted by atomic mass is 16.9. The van der Waals surface area contributed by atoms with Gasteiger partial charge in [-0.3, -0.25) is 0 Å². The summed E-state index contributed by atoms with van der Waals surface area (Å²) in [6.07, 6.45) is 20.2. The number of epoxide rings is 1. The zero-order chi connectivity index (χ0) is 23.1. The Morgan fingerprint density at radius 1 is 0.656 bits per heavy atom. The lowest BCUT2D eigenvalue weighted by Gasteiger charge is -2.44. The van der Waals surface area contributed by atoms with Crippen LogP contribution in [0.25, 0.3) is 0 Å². The second kappa shape index (κ2) is 16.5. The second-order valence-corrected chi connectivity index (χ2v) is 10.2. The summed E-state index contributed by atoms with van der Waals surface area (Å²) in [6, 6.07) is 0. The molecule has 4 heteroatoms. The van der Waals surface area contributed by atoms with E-state index in [-0.39, 0.29) is 0 Å². The lowest BCUT2D eigenvalue weighted by atomic mass is 9.76. The smallest absolute Gasteiger partial charge is 0.286 e. The Morgan fingerprint density at radius 3 is 1.72 bits per heavy atom. The number of ether oxygens (including phenoxy) is 4. The summed E-state index contributed by atoms with van der Waals surface area (Å²) in [7, 11) is 0. The van der Waals surface area contributed by atoms with Gasteiger partial charge in [0.25, 0.3) is 5.97 Å². The van der Waals surface area contributed by atoms with E-state index in [2.05, 4.69) is 27.7 Å². The van der Waals surface area contributed by atoms with Crippen molar-refractivity contribution in [2.24, 2.45) is 11.8 Å². The zero-order valence-electron chi connectivity index (χ0n) is 21.9. The zero-order valence-corrected chi connectivity index (χ0v) is 21.9. The lowest BCUT2D eigenvalue weighted by Crippen LogP contribution is -2.50. The highest BCUT2D eigenvalue weighted by Gasteiger charge is 2.52. The van der Waals surface area contributed by atoms with Crippen LogP contribution in [-0.2, 0) is 18.9 Å². The molecular formula is C28H54O4. The SMILES string of the molecule is CCCCCCCCC(C1CCC2OC2C1)C(OCCCC)(OCCCC)OCCCC. The van der Waals surface area contributed by atoms with Gasteiger partial charge in [-0.05, 0) is 50.9 Å². The number of rotatable bonds is 21. The van der Waals surface area contributed by atoms with E-state index in [0.29, 0.717) is 24.0 Å². The molecule has 1 aliphatic heterocycles. The molecule has 0 radical (unpaired) electrons. The maximum atomic E-state index is 6.64. The molecule has 2 rings (SSSR count). The Morgan fingerprint density at radius 2 is 1.19 bits per heavy atom. The number of unbranched alkanes of at least 4 members (excludes halogenated alkanes) is 8. The second-order valence-electron chi connectivity index (χ2n) is 10.2. The van der Waals surface area contributed by atoms with Gasteiger partial charge in [0.05, 0.1) is 32.0 Å². The van der Waals surface area contributed by atoms with Gasteiger partial charge in [-0.15, -0.1) is 0 Å². The normalized spacial score (nSPS) is 23.8. The van der Waals surface area contributed by atoms with Gasteiger partial charge in [0.2, 0.25) is 0 Å². The molecule has 4 nitrogen and oxygen atoms in total. The first-order valence-electron chi connectivity index (χ1n) is 14.3. The van der Waals surface area contributed by atoms with E-state index in [1.54, 1.807) is 0 Å². The molecule has 0 spiro atoms. The molecule has 0 aromatic carbocycles. The van der Waals surface area contributed by atoms with Crippen molar-refractivity contribution in [3.05, 3.63) is 0 Å². The monoisotopic (exact) mass is 454 g/mol. The van der Waals surface area contributed by atoms with Gasteiger partial charge in [-0.1, -0.05) is 85.5 Å². The van der Waals surface area contributed by atoms with E-state index in [1.165, 1.54) is 51.4 Å². The minimum Gasteiger partial charge on any atom is -0.370 e. The van der Waals surface area contributed by atoms with Crippen LogP contribution in [0.1, 0.15) is 130 Å². The third kappa shape index (κ3) is 9.60. The molecule has 2 fully saturated rings. The highest BCUT2D eigenvalue weighted by Crippen LogP contribution is 2.47. The summed E-state index contributed by atoms with van der Waals surface area (Å²) in [6.45, 7) is 11.1. The van der Waals surface area contributed by atoms with Crippen molar-refractivity contribution in [1.29, 1.82) is 0 Å². The Kier molecular flexibility index (Phi) is 14.4. The first-order valence-corrected chi connectivity index (χ1v) is 14.3. The van der Waals surface area contributed by atoms with Crippen molar-refractivity contribution < 1.29 is 18.9 Å². The summed E-state index contributed by atoms with van der Waals surface area (Å²) in [5.41, 5.74) is 0. The fourth-order valence-corrected chi connectivity index (χ4v) is 5.17. The molecule has 0 bridgehead atoms. The Bertz CT molecular complexity index is 428. The minimum absolute atomic E-state index is 0.296. The molecule has 0 aromatic heterocycles. The summed E-state index contributed by atoms with van der Waals surface area (Å²) in [5, 5.41) is 0. The third-order valence-corrected chi connectivity index (χ3v) is 7.34. The molecule has 1 aliphatic carbocycles. The van der Waals surface area contributed by atoms with Crippen LogP contribution in [0.3, 0.4) is 0 Å². The van der Waals surface area contributed by atoms with E-state index in [1.807, 2.05) is 0 Å². The summed E-state index contributed by atoms with van der Waals surface area (Å²) in [5.74, 6) is -0.0151. The average Bonchev–Trinajstić information content (AvgIpc) is 3.58. The fraction of sp³-hybridized carbons (Fsp3) is 1.00. The summed E-state index contributed by atoms with van der Waals surface area (Å²) >= 11 is 0. The molecule has 4 unspecified atom stereocenters. The standard InChI is InChI=1S/C28H54O4/c1-5-9-13-14-15-16-17-25(24-18-19-26-27(23-24)32-26)28(29-20-10-6-2,30-21-11-7-3)31-22-12-8-4/h24-27H,5-23H2,1-4H3. The maximum absolute atomic E-state index is 6.64. The lowest BCUT2D eigenvalue weighted by molar-refractivity contribution is -0.413. The Hall–Kier alpha value is -0.160. The van der Waals surface area contributed by atoms with Crippen LogP contribution < -0.4 is 0 Å². The topological polar surface area (TPSA) is 40.2 Å². The number of hydrogen-bond donors (Lipinski definition) is 0. The predicted molar refractivity (Wildman–Crippen MR) is 133 cm³/mol. The van der Waals surface area contributed by atoms with E-state index in [0.717, 1.165) is 71.2 Å². The Balaban J connectivity index is 2.14. The number of fused-ring (bicyclic) bond motifs is 1. The van der Waals surface area contributed by atoms with Gasteiger partial charge in [0.1, 0.15) is 0 Å². The average molecular weight is 455 g/mol. The van der Waals surface area contributed by atoms with Crippen LogP contribution in [0.2, 0.25) is 0 Å². The molecule has 2 aliphatic rings. The van der Waals surface area contributed by atoms with E-state index < -0.39 is 5.97 Å². The third-order valence-electron chi connectivity index (χ3n) is 7.34. The number of hydrogen-bond acceptors (Lipinski definition) is 4. The van der Waals surface area contributed by atoms with Gasteiger partial charge in [0.15, 0.2) is 0 Å². The molecule has 0 amide bonds. The summed E-state index contributed by atoms with van der Waals surface area (Å²) in [4.78, 5) is 0. The maximum Gasteiger partial charge on any atom is 0.286 e. The van der Waals surface area contributed by atoms with Crippen molar-refractivity contribution in [2.45, 2.75) is 149 Å².